The molecule has 1 aliphatic heterocycles. The van der Waals surface area contributed by atoms with Gasteiger partial charge in [0.05, 0.1) is 12.2 Å². The third-order valence-electron chi connectivity index (χ3n) is 5.31. The molecule has 1 N–H and O–H groups in total. The van der Waals surface area contributed by atoms with Gasteiger partial charge in [0, 0.05) is 13.1 Å². The van der Waals surface area contributed by atoms with Crippen LogP contribution in [0.25, 0.3) is 0 Å². The predicted molar refractivity (Wildman–Crippen MR) is 104 cm³/mol. The molecule has 0 saturated carbocycles. The van der Waals surface area contributed by atoms with Crippen LogP contribution < -0.4 is 5.32 Å². The Labute approximate surface area is 160 Å². The number of hydrogen-bond donors (Lipinski definition) is 1. The summed E-state index contributed by atoms with van der Waals surface area (Å²) in [6, 6.07) is 12.7. The van der Waals surface area contributed by atoms with E-state index in [0.29, 0.717) is 17.3 Å². The molecule has 0 unspecified atom stereocenters. The van der Waals surface area contributed by atoms with Crippen molar-refractivity contribution in [3.8, 4) is 6.07 Å². The van der Waals surface area contributed by atoms with E-state index in [0.717, 1.165) is 43.6 Å². The predicted octanol–water partition coefficient (Wildman–Crippen LogP) is 2.86. The van der Waals surface area contributed by atoms with Crippen molar-refractivity contribution in [3.05, 3.63) is 52.7 Å². The fraction of sp³-hybridized carbons (Fsp3) is 0.429. The smallest absolute Gasteiger partial charge is 0.241 e. The lowest BCUT2D eigenvalue weighted by Crippen LogP contribution is -2.41. The van der Waals surface area contributed by atoms with Crippen LogP contribution >= 0.6 is 0 Å². The molecule has 6 heteroatoms. The number of aryl methyl sites for hydroxylation is 1. The normalized spacial score (nSPS) is 14.6. The van der Waals surface area contributed by atoms with Gasteiger partial charge in [-0.2, -0.15) is 10.4 Å². The van der Waals surface area contributed by atoms with Gasteiger partial charge < -0.3 is 10.2 Å². The molecule has 0 atom stereocenters. The zero-order chi connectivity index (χ0) is 19.2. The summed E-state index contributed by atoms with van der Waals surface area (Å²) in [4.78, 5) is 14.4. The number of amides is 1. The molecule has 1 aromatic heterocycles. The summed E-state index contributed by atoms with van der Waals surface area (Å²) in [7, 11) is 0. The van der Waals surface area contributed by atoms with Crippen molar-refractivity contribution in [1.29, 1.82) is 5.26 Å². The second kappa shape index (κ2) is 8.63. The van der Waals surface area contributed by atoms with Crippen molar-refractivity contribution in [2.45, 2.75) is 33.1 Å². The van der Waals surface area contributed by atoms with E-state index in [-0.39, 0.29) is 12.5 Å². The SMILES string of the molecule is Cc1nnc(NCC(=O)N2CCC(Cc3ccccc3)CC2)c(C#N)c1C. The Balaban J connectivity index is 1.50. The Kier molecular flexibility index (Phi) is 6.02. The minimum atomic E-state index is 0.0390. The summed E-state index contributed by atoms with van der Waals surface area (Å²) in [5.74, 6) is 1.05. The Hall–Kier alpha value is -2.94. The molecule has 2 heterocycles. The maximum absolute atomic E-state index is 12.5. The molecule has 1 amide bonds. The van der Waals surface area contributed by atoms with E-state index in [4.69, 9.17) is 0 Å². The molecule has 1 fully saturated rings. The molecule has 1 aliphatic rings. The Morgan fingerprint density at radius 2 is 1.93 bits per heavy atom. The monoisotopic (exact) mass is 363 g/mol. The van der Waals surface area contributed by atoms with E-state index in [1.807, 2.05) is 24.8 Å². The van der Waals surface area contributed by atoms with Gasteiger partial charge in [-0.3, -0.25) is 4.79 Å². The van der Waals surface area contributed by atoms with Gasteiger partial charge in [-0.15, -0.1) is 5.10 Å². The van der Waals surface area contributed by atoms with Crippen molar-refractivity contribution >= 4 is 11.7 Å². The topological polar surface area (TPSA) is 81.9 Å². The number of likely N-dealkylation sites (tertiary alicyclic amines) is 1. The molecule has 0 bridgehead atoms. The van der Waals surface area contributed by atoms with E-state index in [1.165, 1.54) is 5.56 Å². The lowest BCUT2D eigenvalue weighted by atomic mass is 9.90. The van der Waals surface area contributed by atoms with Crippen molar-refractivity contribution in [3.63, 3.8) is 0 Å². The molecule has 1 saturated heterocycles. The maximum Gasteiger partial charge on any atom is 0.241 e. The lowest BCUT2D eigenvalue weighted by Gasteiger charge is -2.32. The molecule has 2 aromatic rings. The van der Waals surface area contributed by atoms with Crippen LogP contribution in [0.2, 0.25) is 0 Å². The van der Waals surface area contributed by atoms with Gasteiger partial charge in [0.2, 0.25) is 5.91 Å². The molecule has 27 heavy (non-hydrogen) atoms. The number of benzene rings is 1. The molecule has 140 valence electrons. The number of carbonyl (C=O) groups is 1. The van der Waals surface area contributed by atoms with E-state index in [2.05, 4.69) is 45.8 Å². The summed E-state index contributed by atoms with van der Waals surface area (Å²) in [6.45, 7) is 5.35. The molecule has 0 aliphatic carbocycles. The standard InChI is InChI=1S/C21H25N5O/c1-15-16(2)24-25-21(19(15)13-22)23-14-20(27)26-10-8-18(9-11-26)12-17-6-4-3-5-7-17/h3-7,18H,8-12,14H2,1-2H3,(H,23,25). The molecular formula is C21H25N5O. The second-order valence-electron chi connectivity index (χ2n) is 7.11. The fourth-order valence-electron chi connectivity index (χ4n) is 3.47. The average Bonchev–Trinajstić information content (AvgIpc) is 2.70. The Morgan fingerprint density at radius 3 is 2.59 bits per heavy atom. The van der Waals surface area contributed by atoms with Crippen molar-refractivity contribution in [2.24, 2.45) is 5.92 Å². The number of nitriles is 1. The molecule has 6 nitrogen and oxygen atoms in total. The first-order valence-electron chi connectivity index (χ1n) is 9.38. The van der Waals surface area contributed by atoms with Gasteiger partial charge in [0.1, 0.15) is 11.6 Å². The van der Waals surface area contributed by atoms with Crippen LogP contribution in [-0.2, 0) is 11.2 Å². The number of nitrogens with one attached hydrogen (secondary N) is 1. The first-order valence-corrected chi connectivity index (χ1v) is 9.38. The van der Waals surface area contributed by atoms with Crippen molar-refractivity contribution in [2.75, 3.05) is 25.0 Å². The van der Waals surface area contributed by atoms with Crippen LogP contribution in [0.4, 0.5) is 5.82 Å². The van der Waals surface area contributed by atoms with Crippen LogP contribution in [0, 0.1) is 31.1 Å². The van der Waals surface area contributed by atoms with Gasteiger partial charge in [-0.1, -0.05) is 30.3 Å². The maximum atomic E-state index is 12.5. The van der Waals surface area contributed by atoms with Crippen LogP contribution in [0.1, 0.15) is 35.2 Å². The molecule has 3 rings (SSSR count). The van der Waals surface area contributed by atoms with Crippen LogP contribution in [0.5, 0.6) is 0 Å². The van der Waals surface area contributed by atoms with Gasteiger partial charge >= 0.3 is 0 Å². The number of rotatable bonds is 5. The van der Waals surface area contributed by atoms with Gasteiger partial charge in [-0.05, 0) is 50.2 Å². The lowest BCUT2D eigenvalue weighted by molar-refractivity contribution is -0.130. The number of piperidine rings is 1. The number of hydrogen-bond acceptors (Lipinski definition) is 5. The largest absolute Gasteiger partial charge is 0.358 e. The highest BCUT2D eigenvalue weighted by Crippen LogP contribution is 2.22. The molecule has 1 aromatic carbocycles. The minimum Gasteiger partial charge on any atom is -0.358 e. The first kappa shape index (κ1) is 18.8. The second-order valence-corrected chi connectivity index (χ2v) is 7.11. The van der Waals surface area contributed by atoms with Gasteiger partial charge in [0.25, 0.3) is 0 Å². The fourth-order valence-corrected chi connectivity index (χ4v) is 3.47. The number of anilines is 1. The molecule has 0 radical (unpaired) electrons. The first-order chi connectivity index (χ1) is 13.1. The number of aromatic nitrogens is 2. The van der Waals surface area contributed by atoms with Crippen molar-refractivity contribution < 1.29 is 4.79 Å². The Bertz CT molecular complexity index is 836. The van der Waals surface area contributed by atoms with Crippen LogP contribution in [0.15, 0.2) is 30.3 Å². The highest BCUT2D eigenvalue weighted by molar-refractivity contribution is 5.81. The van der Waals surface area contributed by atoms with E-state index < -0.39 is 0 Å². The molecular weight excluding hydrogens is 338 g/mol. The van der Waals surface area contributed by atoms with E-state index in [9.17, 15) is 10.1 Å². The average molecular weight is 363 g/mol. The van der Waals surface area contributed by atoms with Gasteiger partial charge in [-0.25, -0.2) is 0 Å². The summed E-state index contributed by atoms with van der Waals surface area (Å²) >= 11 is 0. The minimum absolute atomic E-state index is 0.0390. The summed E-state index contributed by atoms with van der Waals surface area (Å²) in [5, 5.41) is 20.4. The summed E-state index contributed by atoms with van der Waals surface area (Å²) in [6.07, 6.45) is 3.12. The molecule has 0 spiro atoms. The summed E-state index contributed by atoms with van der Waals surface area (Å²) < 4.78 is 0. The van der Waals surface area contributed by atoms with E-state index in [1.54, 1.807) is 0 Å². The van der Waals surface area contributed by atoms with Crippen LogP contribution in [-0.4, -0.2) is 40.6 Å². The van der Waals surface area contributed by atoms with Gasteiger partial charge in [0.15, 0.2) is 5.82 Å². The van der Waals surface area contributed by atoms with Crippen molar-refractivity contribution in [1.82, 2.24) is 15.1 Å². The van der Waals surface area contributed by atoms with E-state index >= 15 is 0 Å². The third kappa shape index (κ3) is 4.62. The highest BCUT2D eigenvalue weighted by atomic mass is 16.2. The Morgan fingerprint density at radius 1 is 1.22 bits per heavy atom. The quantitative estimate of drug-likeness (QED) is 0.883. The zero-order valence-corrected chi connectivity index (χ0v) is 15.9. The third-order valence-corrected chi connectivity index (χ3v) is 5.31. The number of carbonyl (C=O) groups excluding carboxylic acids is 1. The van der Waals surface area contributed by atoms with Crippen LogP contribution in [0.3, 0.4) is 0 Å². The zero-order valence-electron chi connectivity index (χ0n) is 15.9. The number of nitrogens with zero attached hydrogens (tertiary/aromatic N) is 4. The summed E-state index contributed by atoms with van der Waals surface area (Å²) in [5.41, 5.74) is 3.34. The highest BCUT2D eigenvalue weighted by Gasteiger charge is 2.23.